The Bertz CT molecular complexity index is 456. The maximum Gasteiger partial charge on any atom is 0.268 e. The molecule has 2 rings (SSSR count). The fourth-order valence-corrected chi connectivity index (χ4v) is 2.95. The van der Waals surface area contributed by atoms with Crippen LogP contribution in [-0.4, -0.2) is 22.9 Å². The van der Waals surface area contributed by atoms with Crippen LogP contribution in [-0.2, 0) is 6.54 Å². The summed E-state index contributed by atoms with van der Waals surface area (Å²) in [5.74, 6) is 6.32. The number of carbonyl (C=O) groups excluding carboxylic acids is 1. The standard InChI is InChI=1S/C14H23N3O2/c1-4-11-6-5-9(2)17(11)8-12-7-13(10(3)19-12)14(18)16-15/h7,9,11H,4-6,8,15H2,1-3H3,(H,16,18). The zero-order chi connectivity index (χ0) is 14.0. The minimum atomic E-state index is -0.297. The summed E-state index contributed by atoms with van der Waals surface area (Å²) in [6.07, 6.45) is 3.63. The third-order valence-corrected chi connectivity index (χ3v) is 4.11. The molecule has 5 nitrogen and oxygen atoms in total. The van der Waals surface area contributed by atoms with Crippen LogP contribution >= 0.6 is 0 Å². The van der Waals surface area contributed by atoms with Crippen molar-refractivity contribution in [1.29, 1.82) is 0 Å². The number of nitrogens with two attached hydrogens (primary N) is 1. The Kier molecular flexibility index (Phi) is 4.27. The molecule has 0 bridgehead atoms. The molecule has 1 aliphatic heterocycles. The first-order chi connectivity index (χ1) is 9.06. The van der Waals surface area contributed by atoms with E-state index in [1.54, 1.807) is 13.0 Å². The summed E-state index contributed by atoms with van der Waals surface area (Å²) < 4.78 is 5.68. The molecule has 0 saturated carbocycles. The summed E-state index contributed by atoms with van der Waals surface area (Å²) in [5.41, 5.74) is 2.67. The van der Waals surface area contributed by atoms with Crippen LogP contribution in [0.2, 0.25) is 0 Å². The first-order valence-corrected chi connectivity index (χ1v) is 6.92. The molecule has 5 heteroatoms. The van der Waals surface area contributed by atoms with Crippen LogP contribution in [0.3, 0.4) is 0 Å². The fourth-order valence-electron chi connectivity index (χ4n) is 2.95. The Hall–Kier alpha value is -1.33. The van der Waals surface area contributed by atoms with Gasteiger partial charge < -0.3 is 4.42 Å². The number of hydrogen-bond donors (Lipinski definition) is 2. The largest absolute Gasteiger partial charge is 0.464 e. The maximum atomic E-state index is 11.6. The van der Waals surface area contributed by atoms with Gasteiger partial charge in [-0.1, -0.05) is 6.92 Å². The van der Waals surface area contributed by atoms with E-state index in [2.05, 4.69) is 24.2 Å². The van der Waals surface area contributed by atoms with Gasteiger partial charge in [-0.2, -0.15) is 0 Å². The number of hydrazine groups is 1. The SMILES string of the molecule is CCC1CCC(C)N1Cc1cc(C(=O)NN)c(C)o1. The fraction of sp³-hybridized carbons (Fsp3) is 0.643. The molecule has 1 saturated heterocycles. The van der Waals surface area contributed by atoms with E-state index in [0.717, 1.165) is 18.7 Å². The van der Waals surface area contributed by atoms with Gasteiger partial charge in [-0.3, -0.25) is 15.1 Å². The summed E-state index contributed by atoms with van der Waals surface area (Å²) in [4.78, 5) is 14.0. The molecule has 3 N–H and O–H groups in total. The van der Waals surface area contributed by atoms with Crippen molar-refractivity contribution in [2.75, 3.05) is 0 Å². The first kappa shape index (κ1) is 14.1. The lowest BCUT2D eigenvalue weighted by molar-refractivity contribution is 0.0952. The molecular weight excluding hydrogens is 242 g/mol. The third kappa shape index (κ3) is 2.82. The van der Waals surface area contributed by atoms with E-state index < -0.39 is 0 Å². The highest BCUT2D eigenvalue weighted by Gasteiger charge is 2.30. The molecule has 1 aromatic rings. The summed E-state index contributed by atoms with van der Waals surface area (Å²) in [5, 5.41) is 0. The van der Waals surface area contributed by atoms with E-state index in [4.69, 9.17) is 10.3 Å². The van der Waals surface area contributed by atoms with Crippen molar-refractivity contribution in [3.63, 3.8) is 0 Å². The molecule has 0 aromatic carbocycles. The van der Waals surface area contributed by atoms with E-state index in [1.165, 1.54) is 12.8 Å². The van der Waals surface area contributed by atoms with Crippen LogP contribution in [0.25, 0.3) is 0 Å². The average molecular weight is 265 g/mol. The molecule has 106 valence electrons. The minimum Gasteiger partial charge on any atom is -0.464 e. The smallest absolute Gasteiger partial charge is 0.268 e. The van der Waals surface area contributed by atoms with Crippen molar-refractivity contribution in [2.24, 2.45) is 5.84 Å². The van der Waals surface area contributed by atoms with Gasteiger partial charge in [0.25, 0.3) is 5.91 Å². The number of likely N-dealkylation sites (tertiary alicyclic amines) is 1. The summed E-state index contributed by atoms with van der Waals surface area (Å²) in [7, 11) is 0. The molecule has 2 heterocycles. The number of aryl methyl sites for hydroxylation is 1. The molecule has 2 unspecified atom stereocenters. The number of rotatable bonds is 4. The highest BCUT2D eigenvalue weighted by Crippen LogP contribution is 2.28. The molecule has 1 aliphatic rings. The number of carbonyl (C=O) groups is 1. The van der Waals surface area contributed by atoms with Gasteiger partial charge in [0.2, 0.25) is 0 Å². The van der Waals surface area contributed by atoms with Crippen LogP contribution in [0.15, 0.2) is 10.5 Å². The van der Waals surface area contributed by atoms with Crippen molar-refractivity contribution in [3.8, 4) is 0 Å². The van der Waals surface area contributed by atoms with E-state index in [1.807, 2.05) is 0 Å². The van der Waals surface area contributed by atoms with Gasteiger partial charge in [0.1, 0.15) is 11.5 Å². The van der Waals surface area contributed by atoms with Crippen LogP contribution in [0, 0.1) is 6.92 Å². The third-order valence-electron chi connectivity index (χ3n) is 4.11. The predicted molar refractivity (Wildman–Crippen MR) is 73.4 cm³/mol. The van der Waals surface area contributed by atoms with Gasteiger partial charge in [-0.25, -0.2) is 5.84 Å². The molecular formula is C14H23N3O2. The lowest BCUT2D eigenvalue weighted by Gasteiger charge is -2.26. The average Bonchev–Trinajstić information content (AvgIpc) is 2.93. The lowest BCUT2D eigenvalue weighted by Crippen LogP contribution is -2.33. The first-order valence-electron chi connectivity index (χ1n) is 6.92. The number of nitrogens with zero attached hydrogens (tertiary/aromatic N) is 1. The van der Waals surface area contributed by atoms with Gasteiger partial charge in [-0.05, 0) is 39.2 Å². The second kappa shape index (κ2) is 5.75. The normalized spacial score (nSPS) is 23.8. The molecule has 19 heavy (non-hydrogen) atoms. The summed E-state index contributed by atoms with van der Waals surface area (Å²) in [6, 6.07) is 2.99. The van der Waals surface area contributed by atoms with E-state index in [9.17, 15) is 4.79 Å². The van der Waals surface area contributed by atoms with E-state index in [0.29, 0.717) is 23.4 Å². The van der Waals surface area contributed by atoms with Crippen molar-refractivity contribution in [3.05, 3.63) is 23.2 Å². The van der Waals surface area contributed by atoms with Crippen LogP contribution in [0.5, 0.6) is 0 Å². The Labute approximate surface area is 114 Å². The molecule has 1 fully saturated rings. The number of amides is 1. The van der Waals surface area contributed by atoms with Crippen molar-refractivity contribution >= 4 is 5.91 Å². The van der Waals surface area contributed by atoms with Gasteiger partial charge in [0, 0.05) is 12.1 Å². The van der Waals surface area contributed by atoms with Crippen molar-refractivity contribution in [1.82, 2.24) is 10.3 Å². The Balaban J connectivity index is 2.13. The predicted octanol–water partition coefficient (Wildman–Crippen LogP) is 1.95. The van der Waals surface area contributed by atoms with Gasteiger partial charge >= 0.3 is 0 Å². The second-order valence-corrected chi connectivity index (χ2v) is 5.32. The summed E-state index contributed by atoms with van der Waals surface area (Å²) >= 11 is 0. The van der Waals surface area contributed by atoms with E-state index in [-0.39, 0.29) is 5.91 Å². The Morgan fingerprint density at radius 3 is 2.95 bits per heavy atom. The minimum absolute atomic E-state index is 0.297. The quantitative estimate of drug-likeness (QED) is 0.496. The van der Waals surface area contributed by atoms with Crippen LogP contribution < -0.4 is 11.3 Å². The van der Waals surface area contributed by atoms with E-state index >= 15 is 0 Å². The monoisotopic (exact) mass is 265 g/mol. The number of hydrogen-bond acceptors (Lipinski definition) is 4. The van der Waals surface area contributed by atoms with Gasteiger partial charge in [0.05, 0.1) is 12.1 Å². The van der Waals surface area contributed by atoms with Crippen LogP contribution in [0.1, 0.15) is 55.0 Å². The second-order valence-electron chi connectivity index (χ2n) is 5.32. The number of nitrogens with one attached hydrogen (secondary N) is 1. The molecule has 0 aliphatic carbocycles. The molecule has 0 radical (unpaired) electrons. The topological polar surface area (TPSA) is 71.5 Å². The van der Waals surface area contributed by atoms with Gasteiger partial charge in [0.15, 0.2) is 0 Å². The van der Waals surface area contributed by atoms with Crippen molar-refractivity contribution in [2.45, 2.75) is 58.7 Å². The highest BCUT2D eigenvalue weighted by atomic mass is 16.3. The summed E-state index contributed by atoms with van der Waals surface area (Å²) in [6.45, 7) is 7.02. The molecule has 1 aromatic heterocycles. The Morgan fingerprint density at radius 2 is 2.32 bits per heavy atom. The Morgan fingerprint density at radius 1 is 1.58 bits per heavy atom. The zero-order valence-corrected chi connectivity index (χ0v) is 11.9. The molecule has 2 atom stereocenters. The molecule has 1 amide bonds. The van der Waals surface area contributed by atoms with Gasteiger partial charge in [-0.15, -0.1) is 0 Å². The highest BCUT2D eigenvalue weighted by molar-refractivity contribution is 5.94. The van der Waals surface area contributed by atoms with Crippen molar-refractivity contribution < 1.29 is 9.21 Å². The number of nitrogen functional groups attached to an aromatic ring is 1. The van der Waals surface area contributed by atoms with Crippen LogP contribution in [0.4, 0.5) is 0 Å². The lowest BCUT2D eigenvalue weighted by atomic mass is 10.1. The molecule has 0 spiro atoms. The number of furan rings is 1. The maximum absolute atomic E-state index is 11.6. The zero-order valence-electron chi connectivity index (χ0n) is 11.9.